The van der Waals surface area contributed by atoms with Gasteiger partial charge in [-0.1, -0.05) is 11.6 Å². The number of amides is 1. The SMILES string of the molecule is NC(=O)c1nc(Cn2nc(-c3ccc(Cl)cc3)n(CC(O)C(F)(F)F)c2=O)nn1-c1ncccc1C(F)(F)F. The molecule has 1 unspecified atom stereocenters. The first-order valence-electron chi connectivity index (χ1n) is 10.6. The summed E-state index contributed by atoms with van der Waals surface area (Å²) in [5, 5.41) is 17.7. The van der Waals surface area contributed by atoms with E-state index in [0.29, 0.717) is 20.0 Å². The van der Waals surface area contributed by atoms with Crippen LogP contribution in [0.15, 0.2) is 47.4 Å². The highest BCUT2D eigenvalue weighted by Crippen LogP contribution is 2.32. The second kappa shape index (κ2) is 10.1. The summed E-state index contributed by atoms with van der Waals surface area (Å²) in [5.74, 6) is -3.59. The summed E-state index contributed by atoms with van der Waals surface area (Å²) in [4.78, 5) is 32.4. The highest BCUT2D eigenvalue weighted by Gasteiger charge is 2.40. The lowest BCUT2D eigenvalue weighted by Gasteiger charge is -2.15. The number of rotatable bonds is 7. The van der Waals surface area contributed by atoms with Crippen molar-refractivity contribution in [2.45, 2.75) is 31.5 Å². The standard InChI is InChI=1S/C21H15ClF6N8O3/c22-11-5-3-10(4-6-11)16-33-35(19(39)34(16)8-13(37)21(26,27)28)9-14-31-18(15(29)38)36(32-14)17-12(20(23,24)25)2-1-7-30-17/h1-7,13,37H,8-9H2,(H2,29,38). The zero-order valence-corrected chi connectivity index (χ0v) is 19.9. The molecule has 0 saturated heterocycles. The van der Waals surface area contributed by atoms with Crippen molar-refractivity contribution in [2.75, 3.05) is 0 Å². The Morgan fingerprint density at radius 2 is 1.74 bits per heavy atom. The van der Waals surface area contributed by atoms with E-state index in [1.807, 2.05) is 0 Å². The van der Waals surface area contributed by atoms with Crippen molar-refractivity contribution in [3.05, 3.63) is 75.3 Å². The normalized spacial score (nSPS) is 13.0. The van der Waals surface area contributed by atoms with Gasteiger partial charge in [-0.15, -0.1) is 10.2 Å². The van der Waals surface area contributed by atoms with Gasteiger partial charge in [0.15, 0.2) is 23.6 Å². The predicted octanol–water partition coefficient (Wildman–Crippen LogP) is 2.43. The molecule has 0 fully saturated rings. The van der Waals surface area contributed by atoms with Gasteiger partial charge in [0.2, 0.25) is 5.82 Å². The average molecular weight is 577 g/mol. The van der Waals surface area contributed by atoms with Gasteiger partial charge >= 0.3 is 18.0 Å². The summed E-state index contributed by atoms with van der Waals surface area (Å²) in [7, 11) is 0. The molecular weight excluding hydrogens is 562 g/mol. The fourth-order valence-corrected chi connectivity index (χ4v) is 3.57. The summed E-state index contributed by atoms with van der Waals surface area (Å²) >= 11 is 5.84. The Bertz CT molecular complexity index is 1580. The molecule has 0 aliphatic carbocycles. The van der Waals surface area contributed by atoms with Crippen LogP contribution in [0.2, 0.25) is 5.02 Å². The minimum Gasteiger partial charge on any atom is -0.382 e. The number of halogens is 7. The Morgan fingerprint density at radius 1 is 1.08 bits per heavy atom. The molecule has 4 rings (SSSR count). The van der Waals surface area contributed by atoms with E-state index in [-0.39, 0.29) is 16.4 Å². The lowest BCUT2D eigenvalue weighted by atomic mass is 10.2. The van der Waals surface area contributed by atoms with E-state index in [1.165, 1.54) is 24.3 Å². The third kappa shape index (κ3) is 5.78. The van der Waals surface area contributed by atoms with Gasteiger partial charge in [0, 0.05) is 16.8 Å². The Kier molecular flexibility index (Phi) is 7.22. The third-order valence-corrected chi connectivity index (χ3v) is 5.47. The fourth-order valence-electron chi connectivity index (χ4n) is 3.45. The van der Waals surface area contributed by atoms with Crippen molar-refractivity contribution in [3.8, 4) is 17.2 Å². The van der Waals surface area contributed by atoms with Crippen molar-refractivity contribution in [2.24, 2.45) is 5.73 Å². The maximum absolute atomic E-state index is 13.5. The van der Waals surface area contributed by atoms with Crippen LogP contribution in [0, 0.1) is 0 Å². The van der Waals surface area contributed by atoms with Crippen LogP contribution in [0.25, 0.3) is 17.2 Å². The second-order valence-corrected chi connectivity index (χ2v) is 8.38. The maximum Gasteiger partial charge on any atom is 0.420 e. The maximum atomic E-state index is 13.5. The number of hydrogen-bond acceptors (Lipinski definition) is 7. The summed E-state index contributed by atoms with van der Waals surface area (Å²) in [6.45, 7) is -1.92. The predicted molar refractivity (Wildman–Crippen MR) is 121 cm³/mol. The number of nitrogens with zero attached hydrogens (tertiary/aromatic N) is 7. The monoisotopic (exact) mass is 576 g/mol. The summed E-state index contributed by atoms with van der Waals surface area (Å²) < 4.78 is 81.3. The van der Waals surface area contributed by atoms with Crippen molar-refractivity contribution in [3.63, 3.8) is 0 Å². The van der Waals surface area contributed by atoms with E-state index in [1.54, 1.807) is 0 Å². The summed E-state index contributed by atoms with van der Waals surface area (Å²) in [6.07, 6.45) is -11.9. The van der Waals surface area contributed by atoms with Crippen LogP contribution in [0.1, 0.15) is 22.0 Å². The molecule has 0 aliphatic rings. The molecule has 3 aromatic heterocycles. The van der Waals surface area contributed by atoms with E-state index in [2.05, 4.69) is 20.2 Å². The lowest BCUT2D eigenvalue weighted by molar-refractivity contribution is -0.207. The van der Waals surface area contributed by atoms with E-state index >= 15 is 0 Å². The molecule has 4 aromatic rings. The number of nitrogens with two attached hydrogens (primary N) is 1. The first-order chi connectivity index (χ1) is 18.2. The van der Waals surface area contributed by atoms with Crippen LogP contribution in [-0.4, -0.2) is 57.4 Å². The number of aromatic nitrogens is 7. The number of hydrogen-bond donors (Lipinski definition) is 2. The van der Waals surface area contributed by atoms with Crippen molar-refractivity contribution in [1.82, 2.24) is 34.1 Å². The van der Waals surface area contributed by atoms with Gasteiger partial charge in [-0.2, -0.15) is 31.0 Å². The molecule has 1 aromatic carbocycles. The van der Waals surface area contributed by atoms with Crippen molar-refractivity contribution < 1.29 is 36.2 Å². The molecular formula is C21H15ClF6N8O3. The molecule has 0 aliphatic heterocycles. The molecule has 1 amide bonds. The third-order valence-electron chi connectivity index (χ3n) is 5.21. The Labute approximate surface area is 218 Å². The van der Waals surface area contributed by atoms with Crippen LogP contribution in [0.5, 0.6) is 0 Å². The number of aliphatic hydroxyl groups excluding tert-OH is 1. The summed E-state index contributed by atoms with van der Waals surface area (Å²) in [6, 6.07) is 7.20. The first-order valence-corrected chi connectivity index (χ1v) is 11.0. The van der Waals surface area contributed by atoms with E-state index in [4.69, 9.17) is 17.3 Å². The topological polar surface area (TPSA) is 147 Å². The van der Waals surface area contributed by atoms with Crippen LogP contribution < -0.4 is 11.4 Å². The molecule has 0 radical (unpaired) electrons. The molecule has 3 N–H and O–H groups in total. The molecule has 0 bridgehead atoms. The Morgan fingerprint density at radius 3 is 2.33 bits per heavy atom. The quantitative estimate of drug-likeness (QED) is 0.321. The molecule has 0 spiro atoms. The number of pyridine rings is 1. The fraction of sp³-hybridized carbons (Fsp3) is 0.238. The number of aliphatic hydroxyl groups is 1. The molecule has 11 nitrogen and oxygen atoms in total. The average Bonchev–Trinajstić information content (AvgIpc) is 3.41. The van der Waals surface area contributed by atoms with E-state index in [0.717, 1.165) is 12.3 Å². The van der Waals surface area contributed by atoms with Gasteiger partial charge in [0.05, 0.1) is 6.54 Å². The number of carbonyl (C=O) groups is 1. The molecule has 1 atom stereocenters. The smallest absolute Gasteiger partial charge is 0.382 e. The highest BCUT2D eigenvalue weighted by atomic mass is 35.5. The number of primary amides is 1. The molecule has 39 heavy (non-hydrogen) atoms. The molecule has 206 valence electrons. The van der Waals surface area contributed by atoms with Gasteiger partial charge < -0.3 is 10.8 Å². The zero-order valence-electron chi connectivity index (χ0n) is 19.2. The summed E-state index contributed by atoms with van der Waals surface area (Å²) in [5.41, 5.74) is 3.00. The first kappa shape index (κ1) is 27.8. The molecule has 18 heteroatoms. The minimum absolute atomic E-state index is 0.157. The Hall–Kier alpha value is -4.25. The zero-order chi connectivity index (χ0) is 28.7. The van der Waals surface area contributed by atoms with Gasteiger partial charge in [-0.05, 0) is 36.4 Å². The van der Waals surface area contributed by atoms with Crippen LogP contribution in [0.3, 0.4) is 0 Å². The lowest BCUT2D eigenvalue weighted by Crippen LogP contribution is -2.37. The minimum atomic E-state index is -5.06. The van der Waals surface area contributed by atoms with Crippen LogP contribution in [-0.2, 0) is 19.3 Å². The largest absolute Gasteiger partial charge is 0.420 e. The Balaban J connectivity index is 1.81. The molecule has 3 heterocycles. The van der Waals surface area contributed by atoms with Gasteiger partial charge in [0.25, 0.3) is 5.91 Å². The van der Waals surface area contributed by atoms with Crippen molar-refractivity contribution in [1.29, 1.82) is 0 Å². The highest BCUT2D eigenvalue weighted by molar-refractivity contribution is 6.30. The van der Waals surface area contributed by atoms with E-state index in [9.17, 15) is 41.0 Å². The van der Waals surface area contributed by atoms with Gasteiger partial charge in [0.1, 0.15) is 12.1 Å². The number of carbonyl (C=O) groups excluding carboxylic acids is 1. The van der Waals surface area contributed by atoms with Gasteiger partial charge in [-0.25, -0.2) is 19.4 Å². The number of alkyl halides is 6. The molecule has 0 saturated carbocycles. The van der Waals surface area contributed by atoms with Crippen molar-refractivity contribution >= 4 is 17.5 Å². The van der Waals surface area contributed by atoms with Gasteiger partial charge in [-0.3, -0.25) is 9.36 Å². The number of benzene rings is 1. The van der Waals surface area contributed by atoms with E-state index < -0.39 is 66.2 Å². The van der Waals surface area contributed by atoms with Crippen LogP contribution in [0.4, 0.5) is 26.3 Å². The van der Waals surface area contributed by atoms with Crippen LogP contribution >= 0.6 is 11.6 Å². The second-order valence-electron chi connectivity index (χ2n) is 7.94.